The summed E-state index contributed by atoms with van der Waals surface area (Å²) >= 11 is 0. The molecule has 0 amide bonds. The molecular weight excluding hydrogens is 366 g/mol. The molecule has 0 aliphatic carbocycles. The third-order valence-electron chi connectivity index (χ3n) is 4.45. The highest BCUT2D eigenvalue weighted by Gasteiger charge is 2.27. The molecule has 0 saturated carbocycles. The van der Waals surface area contributed by atoms with E-state index in [-0.39, 0.29) is 5.78 Å². The van der Waals surface area contributed by atoms with Crippen molar-refractivity contribution >= 4 is 17.4 Å². The lowest BCUT2D eigenvalue weighted by Crippen LogP contribution is -2.21. The van der Waals surface area contributed by atoms with Crippen molar-refractivity contribution in [1.82, 2.24) is 0 Å². The molecule has 0 aliphatic rings. The first-order chi connectivity index (χ1) is 14.1. The summed E-state index contributed by atoms with van der Waals surface area (Å²) in [6.07, 6.45) is -1.05. The first-order valence-electron chi connectivity index (χ1n) is 9.41. The van der Waals surface area contributed by atoms with Gasteiger partial charge < -0.3 is 14.8 Å². The smallest absolute Gasteiger partial charge is 0.341 e. The van der Waals surface area contributed by atoms with Crippen LogP contribution in [0.5, 0.6) is 5.75 Å². The first-order valence-corrected chi connectivity index (χ1v) is 9.41. The third kappa shape index (κ3) is 4.82. The highest BCUT2D eigenvalue weighted by Crippen LogP contribution is 2.26. The highest BCUT2D eigenvalue weighted by molar-refractivity contribution is 6.03. The lowest BCUT2D eigenvalue weighted by molar-refractivity contribution is 0.0281. The molecule has 3 aromatic carbocycles. The summed E-state index contributed by atoms with van der Waals surface area (Å²) < 4.78 is 10.9. The number of benzene rings is 3. The molecule has 3 rings (SSSR count). The van der Waals surface area contributed by atoms with E-state index in [0.717, 1.165) is 0 Å². The molecule has 0 fully saturated rings. The van der Waals surface area contributed by atoms with E-state index in [9.17, 15) is 9.59 Å². The zero-order valence-electron chi connectivity index (χ0n) is 16.4. The molecule has 5 nitrogen and oxygen atoms in total. The first kappa shape index (κ1) is 20.1. The second-order valence-electron chi connectivity index (χ2n) is 6.36. The zero-order chi connectivity index (χ0) is 20.6. The number of ketones is 1. The van der Waals surface area contributed by atoms with Crippen LogP contribution in [0.4, 0.5) is 5.69 Å². The fraction of sp³-hybridized carbons (Fsp3) is 0.167. The molecule has 29 heavy (non-hydrogen) atoms. The van der Waals surface area contributed by atoms with Crippen LogP contribution in [-0.4, -0.2) is 25.4 Å². The van der Waals surface area contributed by atoms with E-state index in [4.69, 9.17) is 9.47 Å². The van der Waals surface area contributed by atoms with Crippen molar-refractivity contribution in [1.29, 1.82) is 0 Å². The van der Waals surface area contributed by atoms with Gasteiger partial charge in [0.25, 0.3) is 0 Å². The van der Waals surface area contributed by atoms with Crippen molar-refractivity contribution < 1.29 is 19.1 Å². The van der Waals surface area contributed by atoms with Crippen LogP contribution in [0.15, 0.2) is 78.9 Å². The van der Waals surface area contributed by atoms with Gasteiger partial charge in [0.05, 0.1) is 12.7 Å². The van der Waals surface area contributed by atoms with Crippen LogP contribution in [-0.2, 0) is 4.74 Å². The van der Waals surface area contributed by atoms with E-state index >= 15 is 0 Å². The third-order valence-corrected chi connectivity index (χ3v) is 4.45. The van der Waals surface area contributed by atoms with Crippen molar-refractivity contribution in [2.24, 2.45) is 0 Å². The van der Waals surface area contributed by atoms with Gasteiger partial charge in [0.2, 0.25) is 5.78 Å². The number of carbonyl (C=O) groups is 2. The van der Waals surface area contributed by atoms with Gasteiger partial charge >= 0.3 is 5.97 Å². The Balaban J connectivity index is 1.92. The summed E-state index contributed by atoms with van der Waals surface area (Å²) in [6, 6.07) is 22.8. The summed E-state index contributed by atoms with van der Waals surface area (Å²) in [5.41, 5.74) is 2.11. The molecule has 0 radical (unpaired) electrons. The van der Waals surface area contributed by atoms with Gasteiger partial charge in [0, 0.05) is 23.4 Å². The minimum Gasteiger partial charge on any atom is -0.497 e. The molecule has 0 aromatic heterocycles. The standard InChI is InChI=1S/C24H23NO4/c1-3-25-21-12-8-7-11-20(21)24(27)29-23(18-9-5-4-6-10-18)22(26)17-13-15-19(28-2)16-14-17/h4-16,23,25H,3H2,1-2H3/t23-/m1/s1. The van der Waals surface area contributed by atoms with Crippen molar-refractivity contribution in [2.75, 3.05) is 19.0 Å². The monoisotopic (exact) mass is 389 g/mol. The van der Waals surface area contributed by atoms with Gasteiger partial charge in [-0.05, 0) is 43.3 Å². The van der Waals surface area contributed by atoms with Crippen molar-refractivity contribution in [3.8, 4) is 5.75 Å². The Kier molecular flexibility index (Phi) is 6.63. The van der Waals surface area contributed by atoms with E-state index in [0.29, 0.717) is 34.7 Å². The molecule has 0 spiro atoms. The van der Waals surface area contributed by atoms with Crippen LogP contribution in [0.2, 0.25) is 0 Å². The Bertz CT molecular complexity index is 968. The predicted molar refractivity (Wildman–Crippen MR) is 113 cm³/mol. The second kappa shape index (κ2) is 9.55. The van der Waals surface area contributed by atoms with Gasteiger partial charge in [0.1, 0.15) is 5.75 Å². The number of para-hydroxylation sites is 1. The molecule has 0 aliphatic heterocycles. The topological polar surface area (TPSA) is 64.6 Å². The average Bonchev–Trinajstić information content (AvgIpc) is 2.78. The highest BCUT2D eigenvalue weighted by atomic mass is 16.5. The normalized spacial score (nSPS) is 11.4. The van der Waals surface area contributed by atoms with Crippen LogP contribution in [0.1, 0.15) is 39.3 Å². The van der Waals surface area contributed by atoms with Gasteiger partial charge in [-0.25, -0.2) is 4.79 Å². The van der Waals surface area contributed by atoms with Gasteiger partial charge in [0.15, 0.2) is 6.10 Å². The Morgan fingerprint density at radius 1 is 0.897 bits per heavy atom. The summed E-state index contributed by atoms with van der Waals surface area (Å²) in [5.74, 6) is -0.209. The van der Waals surface area contributed by atoms with E-state index in [1.54, 1.807) is 55.6 Å². The van der Waals surface area contributed by atoms with Crippen LogP contribution >= 0.6 is 0 Å². The van der Waals surface area contributed by atoms with Crippen LogP contribution in [0.25, 0.3) is 0 Å². The maximum absolute atomic E-state index is 13.2. The number of ether oxygens (including phenoxy) is 2. The fourth-order valence-electron chi connectivity index (χ4n) is 2.98. The largest absolute Gasteiger partial charge is 0.497 e. The number of carbonyl (C=O) groups excluding carboxylic acids is 2. The molecule has 0 bridgehead atoms. The molecule has 1 N–H and O–H groups in total. The zero-order valence-corrected chi connectivity index (χ0v) is 16.4. The number of nitrogens with one attached hydrogen (secondary N) is 1. The summed E-state index contributed by atoms with van der Waals surface area (Å²) in [4.78, 5) is 26.1. The van der Waals surface area contributed by atoms with Crippen LogP contribution in [0, 0.1) is 0 Å². The Labute approximate surface area is 170 Å². The van der Waals surface area contributed by atoms with Crippen LogP contribution < -0.4 is 10.1 Å². The molecular formula is C24H23NO4. The van der Waals surface area contributed by atoms with Crippen molar-refractivity contribution in [3.63, 3.8) is 0 Å². The molecule has 0 saturated heterocycles. The molecule has 0 unspecified atom stereocenters. The van der Waals surface area contributed by atoms with E-state index in [1.807, 2.05) is 37.3 Å². The fourth-order valence-corrected chi connectivity index (χ4v) is 2.98. The van der Waals surface area contributed by atoms with Crippen LogP contribution in [0.3, 0.4) is 0 Å². The minimum atomic E-state index is -1.05. The maximum Gasteiger partial charge on any atom is 0.341 e. The number of methoxy groups -OCH3 is 1. The Morgan fingerprint density at radius 2 is 1.55 bits per heavy atom. The number of esters is 1. The van der Waals surface area contributed by atoms with Gasteiger partial charge in [-0.15, -0.1) is 0 Å². The summed E-state index contributed by atoms with van der Waals surface area (Å²) in [5, 5.41) is 3.14. The molecule has 5 heteroatoms. The number of rotatable bonds is 8. The lowest BCUT2D eigenvalue weighted by atomic mass is 9.99. The minimum absolute atomic E-state index is 0.298. The molecule has 1 atom stereocenters. The average molecular weight is 389 g/mol. The second-order valence-corrected chi connectivity index (χ2v) is 6.36. The van der Waals surface area contributed by atoms with Crippen molar-refractivity contribution in [2.45, 2.75) is 13.0 Å². The molecule has 148 valence electrons. The predicted octanol–water partition coefficient (Wildman–Crippen LogP) is 4.91. The van der Waals surface area contributed by atoms with Gasteiger partial charge in [-0.1, -0.05) is 42.5 Å². The van der Waals surface area contributed by atoms with Crippen molar-refractivity contribution in [3.05, 3.63) is 95.6 Å². The Morgan fingerprint density at radius 3 is 2.21 bits per heavy atom. The van der Waals surface area contributed by atoms with E-state index in [2.05, 4.69) is 5.32 Å². The SMILES string of the molecule is CCNc1ccccc1C(=O)O[C@@H](C(=O)c1ccc(OC)cc1)c1ccccc1. The lowest BCUT2D eigenvalue weighted by Gasteiger charge is -2.19. The summed E-state index contributed by atoms with van der Waals surface area (Å²) in [6.45, 7) is 2.61. The summed E-state index contributed by atoms with van der Waals surface area (Å²) in [7, 11) is 1.56. The molecule has 0 heterocycles. The number of anilines is 1. The van der Waals surface area contributed by atoms with E-state index in [1.165, 1.54) is 0 Å². The van der Waals surface area contributed by atoms with E-state index < -0.39 is 12.1 Å². The maximum atomic E-state index is 13.2. The Hall–Kier alpha value is -3.60. The number of hydrogen-bond donors (Lipinski definition) is 1. The molecule has 3 aromatic rings. The number of hydrogen-bond acceptors (Lipinski definition) is 5. The number of Topliss-reactive ketones (excluding diaryl/α,β-unsaturated/α-hetero) is 1. The quantitative estimate of drug-likeness (QED) is 0.438. The van der Waals surface area contributed by atoms with Gasteiger partial charge in [-0.3, -0.25) is 4.79 Å². The van der Waals surface area contributed by atoms with Gasteiger partial charge in [-0.2, -0.15) is 0 Å².